The van der Waals surface area contributed by atoms with Crippen molar-refractivity contribution in [3.63, 3.8) is 0 Å². The first-order valence-corrected chi connectivity index (χ1v) is 8.89. The predicted octanol–water partition coefficient (Wildman–Crippen LogP) is 2.99. The molecule has 6 heteroatoms. The summed E-state index contributed by atoms with van der Waals surface area (Å²) < 4.78 is 7.51. The van der Waals surface area contributed by atoms with Crippen LogP contribution in [0, 0.1) is 13.8 Å². The van der Waals surface area contributed by atoms with E-state index in [4.69, 9.17) is 4.74 Å². The number of imidazole rings is 1. The minimum atomic E-state index is 0.0504. The van der Waals surface area contributed by atoms with Crippen molar-refractivity contribution in [2.24, 2.45) is 0 Å². The van der Waals surface area contributed by atoms with Gasteiger partial charge in [-0.15, -0.1) is 0 Å². The fourth-order valence-corrected chi connectivity index (χ4v) is 3.53. The molecule has 3 heterocycles. The average molecular weight is 342 g/mol. The van der Waals surface area contributed by atoms with Gasteiger partial charge in [-0.05, 0) is 45.6 Å². The molecule has 25 heavy (non-hydrogen) atoms. The summed E-state index contributed by atoms with van der Waals surface area (Å²) >= 11 is 0. The summed E-state index contributed by atoms with van der Waals surface area (Å²) in [4.78, 5) is 23.7. The molecule has 0 N–H and O–H groups in total. The van der Waals surface area contributed by atoms with Gasteiger partial charge in [0.05, 0.1) is 18.9 Å². The minimum absolute atomic E-state index is 0.0504. The Morgan fingerprint density at radius 1 is 1.32 bits per heavy atom. The number of methoxy groups -OCH3 is 1. The number of carbonyl (C=O) groups excluding carboxylic acids is 1. The topological polar surface area (TPSA) is 60.2 Å². The molecular formula is C19H26N4O2. The van der Waals surface area contributed by atoms with Crippen molar-refractivity contribution in [2.45, 2.75) is 52.1 Å². The molecule has 3 rings (SSSR count). The number of ether oxygens (including phenoxy) is 1. The van der Waals surface area contributed by atoms with E-state index in [2.05, 4.69) is 14.5 Å². The van der Waals surface area contributed by atoms with E-state index in [1.54, 1.807) is 13.3 Å². The fraction of sp³-hybridized carbons (Fsp3) is 0.526. The van der Waals surface area contributed by atoms with Crippen molar-refractivity contribution in [1.29, 1.82) is 0 Å². The predicted molar refractivity (Wildman–Crippen MR) is 95.8 cm³/mol. The van der Waals surface area contributed by atoms with Crippen LogP contribution in [0.15, 0.2) is 24.7 Å². The van der Waals surface area contributed by atoms with E-state index >= 15 is 0 Å². The Balaban J connectivity index is 1.77. The molecular weight excluding hydrogens is 316 g/mol. The molecule has 1 aliphatic heterocycles. The summed E-state index contributed by atoms with van der Waals surface area (Å²) in [5.74, 6) is 1.61. The molecule has 0 aromatic carbocycles. The number of amides is 1. The largest absolute Gasteiger partial charge is 0.494 e. The highest BCUT2D eigenvalue weighted by atomic mass is 16.5. The molecule has 1 amide bonds. The van der Waals surface area contributed by atoms with Gasteiger partial charge in [-0.3, -0.25) is 9.78 Å². The summed E-state index contributed by atoms with van der Waals surface area (Å²) in [6.45, 7) is 5.59. The van der Waals surface area contributed by atoms with Crippen LogP contribution in [0.25, 0.3) is 0 Å². The van der Waals surface area contributed by atoms with Crippen LogP contribution in [0.5, 0.6) is 5.75 Å². The molecule has 134 valence electrons. The molecule has 2 aromatic heterocycles. The lowest BCUT2D eigenvalue weighted by Gasteiger charge is -2.36. The summed E-state index contributed by atoms with van der Waals surface area (Å²) in [7, 11) is 1.58. The molecule has 1 unspecified atom stereocenters. The van der Waals surface area contributed by atoms with Gasteiger partial charge in [-0.2, -0.15) is 0 Å². The van der Waals surface area contributed by atoms with Crippen molar-refractivity contribution in [2.75, 3.05) is 13.7 Å². The Labute approximate surface area is 148 Å². The van der Waals surface area contributed by atoms with Crippen LogP contribution in [0.2, 0.25) is 0 Å². The number of piperidine rings is 1. The maximum Gasteiger partial charge on any atom is 0.257 e. The number of rotatable bonds is 5. The van der Waals surface area contributed by atoms with Gasteiger partial charge in [0.2, 0.25) is 0 Å². The summed E-state index contributed by atoms with van der Waals surface area (Å²) in [6, 6.07) is 2.08. The van der Waals surface area contributed by atoms with Crippen molar-refractivity contribution in [1.82, 2.24) is 19.4 Å². The molecule has 1 aliphatic rings. The van der Waals surface area contributed by atoms with Crippen molar-refractivity contribution in [3.05, 3.63) is 41.7 Å². The molecule has 0 saturated carbocycles. The minimum Gasteiger partial charge on any atom is -0.494 e. The zero-order chi connectivity index (χ0) is 17.8. The highest BCUT2D eigenvalue weighted by Gasteiger charge is 2.29. The average Bonchev–Trinajstić information content (AvgIpc) is 3.04. The number of carbonyl (C=O) groups is 1. The zero-order valence-corrected chi connectivity index (χ0v) is 15.2. The van der Waals surface area contributed by atoms with Crippen LogP contribution in [-0.4, -0.2) is 45.0 Å². The van der Waals surface area contributed by atoms with Crippen LogP contribution < -0.4 is 4.74 Å². The van der Waals surface area contributed by atoms with Gasteiger partial charge < -0.3 is 14.2 Å². The molecule has 1 atom stereocenters. The molecule has 0 aliphatic carbocycles. The number of hydrogen-bond acceptors (Lipinski definition) is 4. The Bertz CT molecular complexity index is 741. The van der Waals surface area contributed by atoms with Gasteiger partial charge in [0.15, 0.2) is 0 Å². The lowest BCUT2D eigenvalue weighted by atomic mass is 9.98. The first kappa shape index (κ1) is 17.5. The number of likely N-dealkylation sites (tertiary alicyclic amines) is 1. The third-order valence-electron chi connectivity index (χ3n) is 4.97. The Morgan fingerprint density at radius 2 is 2.16 bits per heavy atom. The first-order valence-electron chi connectivity index (χ1n) is 8.89. The lowest BCUT2D eigenvalue weighted by Crippen LogP contribution is -2.44. The second kappa shape index (κ2) is 7.68. The van der Waals surface area contributed by atoms with E-state index in [-0.39, 0.29) is 11.9 Å². The third kappa shape index (κ3) is 3.83. The van der Waals surface area contributed by atoms with Crippen LogP contribution in [-0.2, 0) is 6.54 Å². The van der Waals surface area contributed by atoms with Crippen molar-refractivity contribution < 1.29 is 9.53 Å². The van der Waals surface area contributed by atoms with Gasteiger partial charge in [-0.25, -0.2) is 4.98 Å². The van der Waals surface area contributed by atoms with E-state index < -0.39 is 0 Å². The quantitative estimate of drug-likeness (QED) is 0.838. The molecule has 6 nitrogen and oxygen atoms in total. The van der Waals surface area contributed by atoms with Crippen molar-refractivity contribution in [3.8, 4) is 5.75 Å². The van der Waals surface area contributed by atoms with Crippen LogP contribution in [0.1, 0.15) is 47.6 Å². The fourth-order valence-electron chi connectivity index (χ4n) is 3.53. The van der Waals surface area contributed by atoms with Crippen molar-refractivity contribution >= 4 is 5.91 Å². The number of aromatic nitrogens is 3. The smallest absolute Gasteiger partial charge is 0.257 e. The van der Waals surface area contributed by atoms with Gasteiger partial charge in [0.1, 0.15) is 11.6 Å². The molecule has 2 aromatic rings. The summed E-state index contributed by atoms with van der Waals surface area (Å²) in [5, 5.41) is 0. The van der Waals surface area contributed by atoms with E-state index in [1.165, 1.54) is 6.42 Å². The molecule has 1 saturated heterocycles. The number of pyridine rings is 1. The normalized spacial score (nSPS) is 17.6. The Kier molecular flexibility index (Phi) is 5.36. The van der Waals surface area contributed by atoms with Gasteiger partial charge in [-0.1, -0.05) is 0 Å². The number of hydrogen-bond donors (Lipinski definition) is 0. The van der Waals surface area contributed by atoms with Gasteiger partial charge in [0, 0.05) is 37.2 Å². The standard InChI is InChI=1S/C19H26N4O2/c1-14-12-17(18(25-3)13-21-14)19(24)23-9-5-4-6-16(23)7-10-22-11-8-20-15(22)2/h8,11-13,16H,4-7,9-10H2,1-3H3. The van der Waals surface area contributed by atoms with E-state index in [1.807, 2.05) is 37.2 Å². The van der Waals surface area contributed by atoms with Crippen LogP contribution in [0.3, 0.4) is 0 Å². The Morgan fingerprint density at radius 3 is 2.88 bits per heavy atom. The lowest BCUT2D eigenvalue weighted by molar-refractivity contribution is 0.0591. The highest BCUT2D eigenvalue weighted by Crippen LogP contribution is 2.26. The Hall–Kier alpha value is -2.37. The molecule has 1 fully saturated rings. The second-order valence-electron chi connectivity index (χ2n) is 6.63. The zero-order valence-electron chi connectivity index (χ0n) is 15.2. The highest BCUT2D eigenvalue weighted by molar-refractivity contribution is 5.97. The van der Waals surface area contributed by atoms with Gasteiger partial charge in [0.25, 0.3) is 5.91 Å². The van der Waals surface area contributed by atoms with Crippen LogP contribution in [0.4, 0.5) is 0 Å². The van der Waals surface area contributed by atoms with Crippen LogP contribution >= 0.6 is 0 Å². The second-order valence-corrected chi connectivity index (χ2v) is 6.63. The third-order valence-corrected chi connectivity index (χ3v) is 4.97. The van der Waals surface area contributed by atoms with E-state index in [9.17, 15) is 4.79 Å². The van der Waals surface area contributed by atoms with E-state index in [0.29, 0.717) is 11.3 Å². The number of nitrogens with zero attached hydrogens (tertiary/aromatic N) is 4. The maximum atomic E-state index is 13.2. The summed E-state index contributed by atoms with van der Waals surface area (Å²) in [6.07, 6.45) is 9.67. The monoisotopic (exact) mass is 342 g/mol. The summed E-state index contributed by atoms with van der Waals surface area (Å²) in [5.41, 5.74) is 1.44. The SMILES string of the molecule is COc1cnc(C)cc1C(=O)N1CCCCC1CCn1ccnc1C. The number of aryl methyl sites for hydroxylation is 3. The molecule has 0 spiro atoms. The first-order chi connectivity index (χ1) is 12.1. The van der Waals surface area contributed by atoms with Gasteiger partial charge >= 0.3 is 0 Å². The maximum absolute atomic E-state index is 13.2. The molecule has 0 bridgehead atoms. The molecule has 0 radical (unpaired) electrons. The van der Waals surface area contributed by atoms with E-state index in [0.717, 1.165) is 43.9 Å².